The van der Waals surface area contributed by atoms with Crippen molar-refractivity contribution in [1.82, 2.24) is 9.88 Å². The van der Waals surface area contributed by atoms with Crippen molar-refractivity contribution in [3.05, 3.63) is 63.1 Å². The van der Waals surface area contributed by atoms with Crippen molar-refractivity contribution >= 4 is 17.2 Å². The van der Waals surface area contributed by atoms with E-state index in [2.05, 4.69) is 58.1 Å². The normalized spacial score (nSPS) is 13.7. The number of benzene rings is 1. The molecule has 0 bridgehead atoms. The Bertz CT molecular complexity index is 1090. The van der Waals surface area contributed by atoms with E-state index in [-0.39, 0.29) is 11.6 Å². The van der Waals surface area contributed by atoms with Crippen LogP contribution in [0, 0.1) is 25.7 Å². The van der Waals surface area contributed by atoms with Gasteiger partial charge in [-0.2, -0.15) is 0 Å². The van der Waals surface area contributed by atoms with Gasteiger partial charge >= 0.3 is 0 Å². The van der Waals surface area contributed by atoms with Gasteiger partial charge in [-0.3, -0.25) is 14.6 Å². The Morgan fingerprint density at radius 1 is 1.11 bits per heavy atom. The molecule has 0 radical (unpaired) electrons. The summed E-state index contributed by atoms with van der Waals surface area (Å²) in [7, 11) is 3.50. The third kappa shape index (κ3) is 9.67. The first kappa shape index (κ1) is 30.7. The standard InChI is InChI=1S/C31H47N3O3/c1-9-27(30(35)15-21(2)3)32-14-10-11-25-13-12-23(5)28(18-25)33-29(16-22(4)20-37-8)26-17-24(6)31(36)34(7)19-26/h12-13,17-19,21-22,27,32H,9-11,14-16,20H2,1-8H3. The lowest BCUT2D eigenvalue weighted by atomic mass is 9.98. The maximum Gasteiger partial charge on any atom is 0.253 e. The van der Waals surface area contributed by atoms with Gasteiger partial charge in [0.2, 0.25) is 0 Å². The topological polar surface area (TPSA) is 72.7 Å². The summed E-state index contributed by atoms with van der Waals surface area (Å²) in [6.45, 7) is 13.8. The minimum Gasteiger partial charge on any atom is -0.384 e. The highest BCUT2D eigenvalue weighted by atomic mass is 16.5. The lowest BCUT2D eigenvalue weighted by Gasteiger charge is -2.17. The van der Waals surface area contributed by atoms with Crippen molar-refractivity contribution in [3.63, 3.8) is 0 Å². The third-order valence-electron chi connectivity index (χ3n) is 6.66. The van der Waals surface area contributed by atoms with Crippen molar-refractivity contribution in [2.75, 3.05) is 20.3 Å². The van der Waals surface area contributed by atoms with Crippen molar-refractivity contribution < 1.29 is 9.53 Å². The van der Waals surface area contributed by atoms with Gasteiger partial charge in [0.15, 0.2) is 0 Å². The Morgan fingerprint density at radius 3 is 2.46 bits per heavy atom. The second kappa shape index (κ2) is 15.0. The van der Waals surface area contributed by atoms with Crippen LogP contribution in [0.25, 0.3) is 0 Å². The number of aliphatic imine (C=N–C) groups is 1. The van der Waals surface area contributed by atoms with Crippen LogP contribution in [0.15, 0.2) is 40.2 Å². The van der Waals surface area contributed by atoms with Gasteiger partial charge in [0.25, 0.3) is 5.56 Å². The van der Waals surface area contributed by atoms with Gasteiger partial charge in [-0.1, -0.05) is 39.8 Å². The fraction of sp³-hybridized carbons (Fsp3) is 0.581. The third-order valence-corrected chi connectivity index (χ3v) is 6.66. The fourth-order valence-corrected chi connectivity index (χ4v) is 4.61. The molecule has 0 aliphatic heterocycles. The first-order valence-corrected chi connectivity index (χ1v) is 13.6. The summed E-state index contributed by atoms with van der Waals surface area (Å²) < 4.78 is 7.01. The molecule has 1 N–H and O–H groups in total. The number of nitrogens with one attached hydrogen (secondary N) is 1. The van der Waals surface area contributed by atoms with Gasteiger partial charge < -0.3 is 14.6 Å². The largest absolute Gasteiger partial charge is 0.384 e. The number of aromatic nitrogens is 1. The molecule has 0 amide bonds. The van der Waals surface area contributed by atoms with Gasteiger partial charge in [-0.15, -0.1) is 0 Å². The number of hydrogen-bond donors (Lipinski definition) is 1. The smallest absolute Gasteiger partial charge is 0.253 e. The Balaban J connectivity index is 2.22. The van der Waals surface area contributed by atoms with Crippen LogP contribution in [0.4, 0.5) is 5.69 Å². The van der Waals surface area contributed by atoms with E-state index in [1.54, 1.807) is 18.7 Å². The van der Waals surface area contributed by atoms with Gasteiger partial charge in [-0.25, -0.2) is 0 Å². The summed E-state index contributed by atoms with van der Waals surface area (Å²) in [4.78, 5) is 29.8. The molecular formula is C31H47N3O3. The molecule has 0 saturated carbocycles. The van der Waals surface area contributed by atoms with E-state index >= 15 is 0 Å². The molecule has 1 aromatic heterocycles. The first-order chi connectivity index (χ1) is 17.5. The average molecular weight is 510 g/mol. The number of methoxy groups -OCH3 is 1. The lowest BCUT2D eigenvalue weighted by Crippen LogP contribution is -2.37. The number of aryl methyl sites for hydroxylation is 4. The van der Waals surface area contributed by atoms with Crippen LogP contribution >= 0.6 is 0 Å². The molecule has 0 spiro atoms. The minimum atomic E-state index is -0.0532. The van der Waals surface area contributed by atoms with Gasteiger partial charge in [0.05, 0.1) is 17.4 Å². The van der Waals surface area contributed by atoms with E-state index in [0.29, 0.717) is 36.2 Å². The SMILES string of the molecule is CCC(NCCCc1ccc(C)c(N=C(CC(C)COC)c2cc(C)c(=O)n(C)c2)c1)C(=O)CC(C)C. The summed E-state index contributed by atoms with van der Waals surface area (Å²) in [5, 5.41) is 3.46. The maximum atomic E-state index is 12.4. The molecule has 37 heavy (non-hydrogen) atoms. The van der Waals surface area contributed by atoms with E-state index in [4.69, 9.17) is 9.73 Å². The highest BCUT2D eigenvalue weighted by Gasteiger charge is 2.17. The number of hydrogen-bond acceptors (Lipinski definition) is 5. The number of rotatable bonds is 15. The highest BCUT2D eigenvalue weighted by molar-refractivity contribution is 6.02. The number of pyridine rings is 1. The van der Waals surface area contributed by atoms with Gasteiger partial charge in [-0.05, 0) is 81.2 Å². The monoisotopic (exact) mass is 509 g/mol. The van der Waals surface area contributed by atoms with Crippen molar-refractivity contribution in [1.29, 1.82) is 0 Å². The van der Waals surface area contributed by atoms with E-state index < -0.39 is 0 Å². The number of nitrogens with zero attached hydrogens (tertiary/aromatic N) is 2. The summed E-state index contributed by atoms with van der Waals surface area (Å²) in [6.07, 6.45) is 5.95. The molecule has 1 aromatic carbocycles. The molecule has 2 unspecified atom stereocenters. The quantitative estimate of drug-likeness (QED) is 0.246. The Morgan fingerprint density at radius 2 is 1.84 bits per heavy atom. The summed E-state index contributed by atoms with van der Waals surface area (Å²) in [6, 6.07) is 8.36. The predicted octanol–water partition coefficient (Wildman–Crippen LogP) is 5.71. The molecule has 2 rings (SSSR count). The van der Waals surface area contributed by atoms with Crippen LogP contribution < -0.4 is 10.9 Å². The van der Waals surface area contributed by atoms with E-state index in [9.17, 15) is 9.59 Å². The van der Waals surface area contributed by atoms with Crippen LogP contribution in [0.2, 0.25) is 0 Å². The molecule has 0 fully saturated rings. The second-order valence-electron chi connectivity index (χ2n) is 10.9. The second-order valence-corrected chi connectivity index (χ2v) is 10.9. The molecule has 1 heterocycles. The van der Waals surface area contributed by atoms with E-state index in [0.717, 1.165) is 54.8 Å². The van der Waals surface area contributed by atoms with E-state index in [1.807, 2.05) is 19.2 Å². The minimum absolute atomic E-state index is 0.0102. The molecule has 2 aromatic rings. The van der Waals surface area contributed by atoms with Gasteiger partial charge in [0.1, 0.15) is 5.78 Å². The molecule has 0 aliphatic rings. The zero-order valence-corrected chi connectivity index (χ0v) is 24.2. The fourth-order valence-electron chi connectivity index (χ4n) is 4.61. The van der Waals surface area contributed by atoms with Crippen molar-refractivity contribution in [2.24, 2.45) is 23.9 Å². The number of Topliss-reactive ketones (excluding diaryl/α,β-unsaturated/α-hetero) is 1. The van der Waals surface area contributed by atoms with Crippen molar-refractivity contribution in [3.8, 4) is 0 Å². The Kier molecular flexibility index (Phi) is 12.4. The summed E-state index contributed by atoms with van der Waals surface area (Å²) >= 11 is 0. The number of carbonyl (C=O) groups is 1. The molecular weight excluding hydrogens is 462 g/mol. The van der Waals surface area contributed by atoms with E-state index in [1.165, 1.54) is 5.56 Å². The molecule has 204 valence electrons. The molecule has 6 heteroatoms. The van der Waals surface area contributed by atoms with Gasteiger partial charge in [0, 0.05) is 44.5 Å². The van der Waals surface area contributed by atoms with Crippen molar-refractivity contribution in [2.45, 2.75) is 79.7 Å². The number of ketones is 1. The lowest BCUT2D eigenvalue weighted by molar-refractivity contribution is -0.121. The predicted molar refractivity (Wildman–Crippen MR) is 154 cm³/mol. The molecule has 6 nitrogen and oxygen atoms in total. The first-order valence-electron chi connectivity index (χ1n) is 13.6. The van der Waals surface area contributed by atoms with Crippen LogP contribution in [0.3, 0.4) is 0 Å². The van der Waals surface area contributed by atoms with Crippen LogP contribution in [0.5, 0.6) is 0 Å². The zero-order valence-electron chi connectivity index (χ0n) is 24.2. The van der Waals surface area contributed by atoms with Crippen LogP contribution in [0.1, 0.15) is 75.6 Å². The zero-order chi connectivity index (χ0) is 27.5. The summed E-state index contributed by atoms with van der Waals surface area (Å²) in [5.41, 5.74) is 5.95. The number of ether oxygens (including phenoxy) is 1. The molecule has 0 aliphatic carbocycles. The molecule has 0 saturated heterocycles. The Labute approximate surface area is 223 Å². The summed E-state index contributed by atoms with van der Waals surface area (Å²) in [5.74, 6) is 0.996. The highest BCUT2D eigenvalue weighted by Crippen LogP contribution is 2.24. The number of carbonyl (C=O) groups excluding carboxylic acids is 1. The average Bonchev–Trinajstić information content (AvgIpc) is 2.83. The maximum absolute atomic E-state index is 12.4. The Hall–Kier alpha value is -2.57. The van der Waals surface area contributed by atoms with Crippen LogP contribution in [-0.2, 0) is 23.0 Å². The molecule has 2 atom stereocenters. The van der Waals surface area contributed by atoms with Crippen LogP contribution in [-0.4, -0.2) is 42.4 Å².